The molecule has 1 aliphatic carbocycles. The average molecular weight is 608 g/mol. The van der Waals surface area contributed by atoms with Crippen molar-refractivity contribution in [2.45, 2.75) is 32.9 Å². The third kappa shape index (κ3) is 9.50. The summed E-state index contributed by atoms with van der Waals surface area (Å²) in [5, 5.41) is 16.3. The smallest absolute Gasteiger partial charge is 0.173 e. The SMILES string of the molecule is C/C=C(\C=C/NCc1ccc(-c2ccc(C[n+]3ccc(/C=N/N(C)c4ccccc4)cc3)cc2)cc1)/C=N/N(C)C1=CCCC=C1. The minimum Gasteiger partial charge on any atom is -0.387 e. The Morgan fingerprint density at radius 3 is 2.15 bits per heavy atom. The van der Waals surface area contributed by atoms with Gasteiger partial charge in [0.15, 0.2) is 18.9 Å². The molecule has 232 valence electrons. The van der Waals surface area contributed by atoms with Crippen molar-refractivity contribution in [3.8, 4) is 11.1 Å². The van der Waals surface area contributed by atoms with Gasteiger partial charge in [-0.3, -0.25) is 10.0 Å². The molecule has 0 unspecified atom stereocenters. The number of rotatable bonds is 13. The van der Waals surface area contributed by atoms with Crippen molar-refractivity contribution in [3.63, 3.8) is 0 Å². The molecule has 1 N–H and O–H groups in total. The van der Waals surface area contributed by atoms with Gasteiger partial charge in [0.2, 0.25) is 0 Å². The van der Waals surface area contributed by atoms with E-state index >= 15 is 0 Å². The Labute approximate surface area is 273 Å². The summed E-state index contributed by atoms with van der Waals surface area (Å²) in [4.78, 5) is 0. The Kier molecular flexibility index (Phi) is 11.5. The maximum absolute atomic E-state index is 4.58. The van der Waals surface area contributed by atoms with Gasteiger partial charge in [-0.1, -0.05) is 85.0 Å². The van der Waals surface area contributed by atoms with E-state index in [1.165, 1.54) is 22.3 Å². The predicted molar refractivity (Wildman–Crippen MR) is 193 cm³/mol. The Morgan fingerprint density at radius 1 is 0.804 bits per heavy atom. The zero-order valence-electron chi connectivity index (χ0n) is 27.0. The highest BCUT2D eigenvalue weighted by Crippen LogP contribution is 2.21. The number of para-hydroxylation sites is 1. The molecule has 1 heterocycles. The van der Waals surface area contributed by atoms with Crippen LogP contribution in [0.4, 0.5) is 5.69 Å². The molecular weight excluding hydrogens is 564 g/mol. The summed E-state index contributed by atoms with van der Waals surface area (Å²) < 4.78 is 2.18. The van der Waals surface area contributed by atoms with Crippen molar-refractivity contribution in [3.05, 3.63) is 168 Å². The van der Waals surface area contributed by atoms with E-state index in [1.807, 2.05) is 86.1 Å². The lowest BCUT2D eigenvalue weighted by molar-refractivity contribution is -0.688. The molecule has 0 spiro atoms. The number of hydrogen-bond donors (Lipinski definition) is 1. The highest BCUT2D eigenvalue weighted by molar-refractivity contribution is 5.82. The lowest BCUT2D eigenvalue weighted by Gasteiger charge is -2.16. The molecule has 0 saturated carbocycles. The molecule has 0 atom stereocenters. The van der Waals surface area contributed by atoms with Gasteiger partial charge in [-0.15, -0.1) is 0 Å². The minimum atomic E-state index is 0.757. The summed E-state index contributed by atoms with van der Waals surface area (Å²) in [6.07, 6.45) is 22.8. The summed E-state index contributed by atoms with van der Waals surface area (Å²) >= 11 is 0. The summed E-state index contributed by atoms with van der Waals surface area (Å²) in [6, 6.07) is 31.8. The highest BCUT2D eigenvalue weighted by atomic mass is 15.4. The first-order valence-electron chi connectivity index (χ1n) is 15.8. The van der Waals surface area contributed by atoms with Gasteiger partial charge in [0, 0.05) is 43.9 Å². The summed E-state index contributed by atoms with van der Waals surface area (Å²) in [6.45, 7) is 3.59. The summed E-state index contributed by atoms with van der Waals surface area (Å²) in [5.41, 5.74) is 9.20. The second-order valence-corrected chi connectivity index (χ2v) is 11.2. The molecule has 0 aliphatic heterocycles. The normalized spacial score (nSPS) is 13.5. The van der Waals surface area contributed by atoms with Crippen LogP contribution in [0.15, 0.2) is 161 Å². The number of allylic oxidation sites excluding steroid dienone is 6. The average Bonchev–Trinajstić information content (AvgIpc) is 3.12. The van der Waals surface area contributed by atoms with Gasteiger partial charge >= 0.3 is 0 Å². The van der Waals surface area contributed by atoms with Crippen molar-refractivity contribution >= 4 is 18.1 Å². The molecule has 0 amide bonds. The molecular formula is C40H43N6+. The van der Waals surface area contributed by atoms with Crippen molar-refractivity contribution in [1.82, 2.24) is 10.3 Å². The monoisotopic (exact) mass is 607 g/mol. The van der Waals surface area contributed by atoms with Crippen LogP contribution in [0.3, 0.4) is 0 Å². The van der Waals surface area contributed by atoms with Crippen LogP contribution in [0.1, 0.15) is 36.5 Å². The highest BCUT2D eigenvalue weighted by Gasteiger charge is 2.05. The third-order valence-corrected chi connectivity index (χ3v) is 7.80. The molecule has 6 heteroatoms. The van der Waals surface area contributed by atoms with Gasteiger partial charge in [-0.05, 0) is 72.5 Å². The first-order valence-corrected chi connectivity index (χ1v) is 15.8. The molecule has 4 aromatic rings. The van der Waals surface area contributed by atoms with Gasteiger partial charge < -0.3 is 5.32 Å². The van der Waals surface area contributed by atoms with E-state index in [9.17, 15) is 0 Å². The number of anilines is 1. The largest absolute Gasteiger partial charge is 0.387 e. The molecule has 0 fully saturated rings. The maximum atomic E-state index is 4.58. The first-order chi connectivity index (χ1) is 22.6. The number of nitrogens with one attached hydrogen (secondary N) is 1. The number of hydrazone groups is 2. The molecule has 6 nitrogen and oxygen atoms in total. The van der Waals surface area contributed by atoms with E-state index in [0.29, 0.717) is 0 Å². The van der Waals surface area contributed by atoms with Gasteiger partial charge in [0.1, 0.15) is 0 Å². The van der Waals surface area contributed by atoms with Crippen molar-refractivity contribution in [1.29, 1.82) is 0 Å². The molecule has 46 heavy (non-hydrogen) atoms. The Morgan fingerprint density at radius 2 is 1.50 bits per heavy atom. The van der Waals surface area contributed by atoms with Gasteiger partial charge in [-0.2, -0.15) is 10.2 Å². The van der Waals surface area contributed by atoms with Gasteiger partial charge in [0.25, 0.3) is 0 Å². The number of hydrogen-bond acceptors (Lipinski definition) is 5. The maximum Gasteiger partial charge on any atom is 0.173 e. The van der Waals surface area contributed by atoms with Crippen LogP contribution in [0.5, 0.6) is 0 Å². The van der Waals surface area contributed by atoms with E-state index in [1.54, 1.807) is 0 Å². The van der Waals surface area contributed by atoms with Crippen LogP contribution in [-0.2, 0) is 13.1 Å². The van der Waals surface area contributed by atoms with E-state index < -0.39 is 0 Å². The van der Waals surface area contributed by atoms with E-state index in [0.717, 1.165) is 48.5 Å². The van der Waals surface area contributed by atoms with E-state index in [2.05, 4.69) is 117 Å². The Balaban J connectivity index is 1.08. The Hall–Kier alpha value is -5.49. The second kappa shape index (κ2) is 16.5. The topological polar surface area (TPSA) is 47.1 Å². The standard InChI is InChI=1S/C40H43N6/c1-4-33(30-42-44(2)39-11-7-5-8-12-39)23-26-41-29-34-15-19-37(20-16-34)38-21-17-36(18-22-38)32-46-27-24-35(25-28-46)31-43-45(3)40-13-9-6-10-14-40/h4,6-7,9-28,30-31,41H,5,8,29,32H2,1-3H3/q+1/b26-23-,33-4+,42-30+. The number of likely N-dealkylation sites (N-methyl/N-ethyl adjacent to an activating group) is 1. The zero-order chi connectivity index (χ0) is 32.0. The lowest BCUT2D eigenvalue weighted by atomic mass is 10.0. The molecule has 5 rings (SSSR count). The third-order valence-electron chi connectivity index (χ3n) is 7.80. The predicted octanol–water partition coefficient (Wildman–Crippen LogP) is 7.86. The van der Waals surface area contributed by atoms with E-state index in [4.69, 9.17) is 0 Å². The van der Waals surface area contributed by atoms with E-state index in [-0.39, 0.29) is 0 Å². The van der Waals surface area contributed by atoms with Gasteiger partial charge in [-0.25, -0.2) is 4.57 Å². The van der Waals surface area contributed by atoms with Crippen LogP contribution in [0, 0.1) is 0 Å². The molecule has 1 aromatic heterocycles. The number of aromatic nitrogens is 1. The van der Waals surface area contributed by atoms with Crippen LogP contribution >= 0.6 is 0 Å². The fourth-order valence-corrected chi connectivity index (χ4v) is 4.96. The quantitative estimate of drug-likeness (QED) is 0.0729. The first kappa shape index (κ1) is 31.9. The fourth-order valence-electron chi connectivity index (χ4n) is 4.96. The molecule has 1 aliphatic rings. The van der Waals surface area contributed by atoms with Crippen molar-refractivity contribution < 1.29 is 4.57 Å². The zero-order valence-corrected chi connectivity index (χ0v) is 27.0. The lowest BCUT2D eigenvalue weighted by Crippen LogP contribution is -2.33. The molecule has 0 radical (unpaired) electrons. The van der Waals surface area contributed by atoms with Crippen LogP contribution < -0.4 is 14.9 Å². The number of pyridine rings is 1. The van der Waals surface area contributed by atoms with Crippen LogP contribution in [0.25, 0.3) is 11.1 Å². The minimum absolute atomic E-state index is 0.757. The van der Waals surface area contributed by atoms with Gasteiger partial charge in [0.05, 0.1) is 23.8 Å². The fraction of sp³-hybridized carbons (Fsp3) is 0.175. The Bertz CT molecular complexity index is 1710. The number of benzene rings is 3. The van der Waals surface area contributed by atoms with Crippen LogP contribution in [0.2, 0.25) is 0 Å². The van der Waals surface area contributed by atoms with Crippen molar-refractivity contribution in [2.24, 2.45) is 10.2 Å². The summed E-state index contributed by atoms with van der Waals surface area (Å²) in [5.74, 6) is 0. The van der Waals surface area contributed by atoms with Crippen LogP contribution in [-0.4, -0.2) is 31.5 Å². The molecule has 3 aromatic carbocycles. The second-order valence-electron chi connectivity index (χ2n) is 11.2. The van der Waals surface area contributed by atoms with Crippen molar-refractivity contribution in [2.75, 3.05) is 19.1 Å². The summed E-state index contributed by atoms with van der Waals surface area (Å²) in [7, 11) is 3.94. The molecule has 0 bridgehead atoms. The molecule has 0 saturated heterocycles. The number of nitrogens with zero attached hydrogens (tertiary/aromatic N) is 5.